The molecule has 3 N–H and O–H groups in total. The molecule has 0 atom stereocenters. The van der Waals surface area contributed by atoms with Crippen molar-refractivity contribution in [2.45, 2.75) is 6.92 Å². The number of carbonyl (C=O) groups excluding carboxylic acids is 1. The minimum absolute atomic E-state index is 0.224. The second-order valence-corrected chi connectivity index (χ2v) is 4.62. The van der Waals surface area contributed by atoms with E-state index in [0.717, 1.165) is 22.7 Å². The quantitative estimate of drug-likeness (QED) is 0.810. The van der Waals surface area contributed by atoms with Gasteiger partial charge in [0, 0.05) is 11.3 Å². The van der Waals surface area contributed by atoms with E-state index in [0.29, 0.717) is 17.1 Å². The summed E-state index contributed by atoms with van der Waals surface area (Å²) in [7, 11) is 0. The first-order chi connectivity index (χ1) is 9.19. The molecular formula is C13H12N4OS. The highest BCUT2D eigenvalue weighted by molar-refractivity contribution is 7.07. The number of rotatable bonds is 2. The number of carbonyl (C=O) groups is 1. The number of amides is 1. The number of nitrogens with zero attached hydrogens (tertiary/aromatic N) is 2. The minimum Gasteiger partial charge on any atom is -0.321 e. The maximum atomic E-state index is 11.9. The van der Waals surface area contributed by atoms with Crippen molar-refractivity contribution in [2.24, 2.45) is 5.73 Å². The average Bonchev–Trinajstić information content (AvgIpc) is 2.89. The Kier molecular flexibility index (Phi) is 4.23. The number of nitrogens with two attached hydrogens (primary N) is 1. The Balaban J connectivity index is 2.20. The summed E-state index contributed by atoms with van der Waals surface area (Å²) in [4.78, 5) is 12.3. The molecule has 0 unspecified atom stereocenters. The molecular weight excluding hydrogens is 260 g/mol. The molecule has 1 amide bonds. The van der Waals surface area contributed by atoms with Crippen molar-refractivity contribution in [3.63, 3.8) is 0 Å². The molecule has 0 bridgehead atoms. The van der Waals surface area contributed by atoms with Crippen LogP contribution >= 0.6 is 11.5 Å². The Hall–Kier alpha value is -2.23. The largest absolute Gasteiger partial charge is 0.321 e. The normalized spacial score (nSPS) is 9.58. The van der Waals surface area contributed by atoms with E-state index < -0.39 is 0 Å². The Labute approximate surface area is 115 Å². The van der Waals surface area contributed by atoms with Gasteiger partial charge in [-0.15, -0.1) is 5.10 Å². The molecule has 6 heteroatoms. The summed E-state index contributed by atoms with van der Waals surface area (Å²) in [5, 5.41) is 6.43. The van der Waals surface area contributed by atoms with Crippen molar-refractivity contribution in [2.75, 3.05) is 11.9 Å². The Morgan fingerprint density at radius 1 is 1.47 bits per heavy atom. The van der Waals surface area contributed by atoms with Gasteiger partial charge in [0.25, 0.3) is 5.91 Å². The molecule has 1 aromatic heterocycles. The zero-order chi connectivity index (χ0) is 13.7. The Morgan fingerprint density at radius 3 is 3.00 bits per heavy atom. The number of aryl methyl sites for hydroxylation is 1. The van der Waals surface area contributed by atoms with Crippen LogP contribution in [0.25, 0.3) is 0 Å². The summed E-state index contributed by atoms with van der Waals surface area (Å²) >= 11 is 1.05. The van der Waals surface area contributed by atoms with E-state index in [4.69, 9.17) is 5.73 Å². The first-order valence-electron chi connectivity index (χ1n) is 5.58. The maximum absolute atomic E-state index is 11.9. The Bertz CT molecular complexity index is 640. The van der Waals surface area contributed by atoms with Gasteiger partial charge in [0.15, 0.2) is 0 Å². The molecule has 0 spiro atoms. The molecule has 2 aromatic rings. The number of anilines is 1. The van der Waals surface area contributed by atoms with Crippen molar-refractivity contribution in [1.82, 2.24) is 9.59 Å². The van der Waals surface area contributed by atoms with Crippen LogP contribution in [-0.2, 0) is 0 Å². The molecule has 1 aromatic carbocycles. The van der Waals surface area contributed by atoms with Crippen LogP contribution in [0.3, 0.4) is 0 Å². The van der Waals surface area contributed by atoms with Crippen LogP contribution in [0.1, 0.15) is 20.8 Å². The summed E-state index contributed by atoms with van der Waals surface area (Å²) < 4.78 is 3.66. The molecule has 0 saturated carbocycles. The van der Waals surface area contributed by atoms with E-state index in [2.05, 4.69) is 26.7 Å². The van der Waals surface area contributed by atoms with Crippen molar-refractivity contribution in [3.8, 4) is 11.8 Å². The van der Waals surface area contributed by atoms with Crippen LogP contribution in [0.15, 0.2) is 24.4 Å². The van der Waals surface area contributed by atoms with Crippen LogP contribution in [0.4, 0.5) is 5.69 Å². The van der Waals surface area contributed by atoms with Crippen LogP contribution in [0.2, 0.25) is 0 Å². The standard InChI is InChI=1S/C13H12N4OS/c1-9-5-10(3-2-4-14)7-11(6-9)16-13(18)12-8-15-17-19-12/h5-8H,4,14H2,1H3,(H,16,18). The molecule has 0 fully saturated rings. The van der Waals surface area contributed by atoms with Gasteiger partial charge in [0.1, 0.15) is 4.88 Å². The molecule has 0 radical (unpaired) electrons. The van der Waals surface area contributed by atoms with Crippen molar-refractivity contribution >= 4 is 23.1 Å². The lowest BCUT2D eigenvalue weighted by molar-refractivity contribution is 0.103. The second-order valence-electron chi connectivity index (χ2n) is 3.83. The lowest BCUT2D eigenvalue weighted by Crippen LogP contribution is -2.10. The first kappa shape index (κ1) is 13.2. The molecule has 1 heterocycles. The fourth-order valence-corrected chi connectivity index (χ4v) is 1.95. The van der Waals surface area contributed by atoms with Crippen molar-refractivity contribution in [3.05, 3.63) is 40.4 Å². The Morgan fingerprint density at radius 2 is 2.32 bits per heavy atom. The number of hydrogen-bond acceptors (Lipinski definition) is 5. The monoisotopic (exact) mass is 272 g/mol. The van der Waals surface area contributed by atoms with Crippen LogP contribution < -0.4 is 11.1 Å². The summed E-state index contributed by atoms with van der Waals surface area (Å²) in [6.45, 7) is 2.25. The van der Waals surface area contributed by atoms with Gasteiger partial charge in [0.2, 0.25) is 0 Å². The van der Waals surface area contributed by atoms with E-state index in [1.807, 2.05) is 25.1 Å². The zero-order valence-electron chi connectivity index (χ0n) is 10.3. The van der Waals surface area contributed by atoms with Gasteiger partial charge in [-0.05, 0) is 42.2 Å². The topological polar surface area (TPSA) is 80.9 Å². The van der Waals surface area contributed by atoms with Gasteiger partial charge < -0.3 is 11.1 Å². The average molecular weight is 272 g/mol. The second kappa shape index (κ2) is 6.09. The van der Waals surface area contributed by atoms with Gasteiger partial charge in [-0.25, -0.2) is 0 Å². The van der Waals surface area contributed by atoms with Gasteiger partial charge in [-0.2, -0.15) is 0 Å². The number of hydrogen-bond donors (Lipinski definition) is 2. The summed E-state index contributed by atoms with van der Waals surface area (Å²) in [6, 6.07) is 5.62. The van der Waals surface area contributed by atoms with Gasteiger partial charge in [-0.1, -0.05) is 16.3 Å². The highest BCUT2D eigenvalue weighted by Gasteiger charge is 2.09. The zero-order valence-corrected chi connectivity index (χ0v) is 11.1. The van der Waals surface area contributed by atoms with E-state index in [9.17, 15) is 4.79 Å². The number of nitrogens with one attached hydrogen (secondary N) is 1. The van der Waals surface area contributed by atoms with Crippen molar-refractivity contribution < 1.29 is 4.79 Å². The molecule has 0 aliphatic carbocycles. The third-order valence-corrected chi connectivity index (χ3v) is 2.92. The number of aromatic nitrogens is 2. The molecule has 19 heavy (non-hydrogen) atoms. The smallest absolute Gasteiger partial charge is 0.269 e. The van der Waals surface area contributed by atoms with Gasteiger partial charge in [0.05, 0.1) is 12.7 Å². The van der Waals surface area contributed by atoms with Crippen LogP contribution in [0.5, 0.6) is 0 Å². The molecule has 0 aliphatic heterocycles. The van der Waals surface area contributed by atoms with E-state index >= 15 is 0 Å². The molecule has 2 rings (SSSR count). The molecule has 0 saturated heterocycles. The summed E-state index contributed by atoms with van der Waals surface area (Å²) in [6.07, 6.45) is 1.44. The fraction of sp³-hybridized carbons (Fsp3) is 0.154. The van der Waals surface area contributed by atoms with Crippen LogP contribution in [-0.4, -0.2) is 22.0 Å². The van der Waals surface area contributed by atoms with Crippen molar-refractivity contribution in [1.29, 1.82) is 0 Å². The van der Waals surface area contributed by atoms with E-state index in [1.165, 1.54) is 6.20 Å². The fourth-order valence-electron chi connectivity index (χ4n) is 1.54. The van der Waals surface area contributed by atoms with Gasteiger partial charge >= 0.3 is 0 Å². The summed E-state index contributed by atoms with van der Waals surface area (Å²) in [5.74, 6) is 5.51. The first-order valence-corrected chi connectivity index (χ1v) is 6.35. The predicted molar refractivity (Wildman–Crippen MR) is 75.0 cm³/mol. The van der Waals surface area contributed by atoms with Crippen LogP contribution in [0, 0.1) is 18.8 Å². The molecule has 96 valence electrons. The van der Waals surface area contributed by atoms with Gasteiger partial charge in [-0.3, -0.25) is 4.79 Å². The third-order valence-electron chi connectivity index (χ3n) is 2.26. The van der Waals surface area contributed by atoms with E-state index in [1.54, 1.807) is 0 Å². The highest BCUT2D eigenvalue weighted by Crippen LogP contribution is 2.15. The third kappa shape index (κ3) is 3.61. The SMILES string of the molecule is Cc1cc(C#CCN)cc(NC(=O)c2cnns2)c1. The predicted octanol–water partition coefficient (Wildman–Crippen LogP) is 1.41. The molecule has 5 nitrogen and oxygen atoms in total. The lowest BCUT2D eigenvalue weighted by atomic mass is 10.1. The minimum atomic E-state index is -0.224. The number of benzene rings is 1. The molecule has 0 aliphatic rings. The lowest BCUT2D eigenvalue weighted by Gasteiger charge is -2.05. The maximum Gasteiger partial charge on any atom is 0.269 e. The summed E-state index contributed by atoms with van der Waals surface area (Å²) in [5.41, 5.74) is 7.87. The van der Waals surface area contributed by atoms with E-state index in [-0.39, 0.29) is 5.91 Å². The highest BCUT2D eigenvalue weighted by atomic mass is 32.1.